The Hall–Kier alpha value is -3.34. The molecular weight excluding hydrogens is 488 g/mol. The highest BCUT2D eigenvalue weighted by Gasteiger charge is 2.15. The van der Waals surface area contributed by atoms with Crippen molar-refractivity contribution in [1.29, 1.82) is 0 Å². The molecule has 0 radical (unpaired) electrons. The van der Waals surface area contributed by atoms with Crippen LogP contribution in [0.15, 0.2) is 102 Å². The van der Waals surface area contributed by atoms with Gasteiger partial charge in [-0.3, -0.25) is 0 Å². The van der Waals surface area contributed by atoms with Gasteiger partial charge in [0.1, 0.15) is 0 Å². The van der Waals surface area contributed by atoms with Crippen LogP contribution in [-0.2, 0) is 0 Å². The Balaban J connectivity index is 1.62. The smallest absolute Gasteiger partial charge is 0.160 e. The fourth-order valence-electron chi connectivity index (χ4n) is 4.18. The molecule has 0 bridgehead atoms. The summed E-state index contributed by atoms with van der Waals surface area (Å²) in [5.41, 5.74) is 6.36. The Morgan fingerprint density at radius 2 is 1.45 bits per heavy atom. The normalized spacial score (nSPS) is 11.3. The van der Waals surface area contributed by atoms with E-state index in [0.717, 1.165) is 38.4 Å². The van der Waals surface area contributed by atoms with Crippen molar-refractivity contribution in [2.75, 3.05) is 0 Å². The molecule has 0 N–H and O–H groups in total. The molecule has 0 unspecified atom stereocenters. The van der Waals surface area contributed by atoms with Crippen LogP contribution in [0.2, 0.25) is 0 Å². The van der Waals surface area contributed by atoms with Gasteiger partial charge < -0.3 is 0 Å². The molecule has 0 atom stereocenters. The average Bonchev–Trinajstić information content (AvgIpc) is 3.22. The van der Waals surface area contributed by atoms with Gasteiger partial charge >= 0.3 is 0 Å². The second kappa shape index (κ2) is 8.22. The number of rotatable bonds is 3. The Morgan fingerprint density at radius 3 is 2.27 bits per heavy atom. The van der Waals surface area contributed by atoms with Gasteiger partial charge in [-0.1, -0.05) is 88.7 Å². The van der Waals surface area contributed by atoms with E-state index in [9.17, 15) is 0 Å². The van der Waals surface area contributed by atoms with E-state index in [0.29, 0.717) is 0 Å². The fraction of sp³-hybridized carbons (Fsp3) is 0.0345. The quantitative estimate of drug-likeness (QED) is 0.239. The largest absolute Gasteiger partial charge is 0.228 e. The molecule has 4 aromatic carbocycles. The lowest BCUT2D eigenvalue weighted by molar-refractivity contribution is 1.18. The first-order valence-corrected chi connectivity index (χ1v) is 12.4. The van der Waals surface area contributed by atoms with Crippen molar-refractivity contribution in [1.82, 2.24) is 9.97 Å². The molecule has 33 heavy (non-hydrogen) atoms. The van der Waals surface area contributed by atoms with E-state index in [4.69, 9.17) is 9.97 Å². The van der Waals surface area contributed by atoms with Crippen molar-refractivity contribution >= 4 is 47.4 Å². The Morgan fingerprint density at radius 1 is 0.667 bits per heavy atom. The van der Waals surface area contributed by atoms with E-state index >= 15 is 0 Å². The molecule has 0 fully saturated rings. The standard InChI is InChI=1S/C29H19BrN2S/c1-18-10-15-22-23-8-5-9-24(28(23)33-27(22)16-18)26-17-25(19-6-3-2-4-7-19)31-29(32-26)20-11-13-21(30)14-12-20/h2-17H,1H3. The molecule has 6 aromatic rings. The number of aryl methyl sites for hydroxylation is 1. The third-order valence-electron chi connectivity index (χ3n) is 5.83. The van der Waals surface area contributed by atoms with Crippen molar-refractivity contribution in [3.8, 4) is 33.9 Å². The lowest BCUT2D eigenvalue weighted by Gasteiger charge is -2.10. The first-order valence-electron chi connectivity index (χ1n) is 10.8. The first kappa shape index (κ1) is 20.3. The zero-order valence-corrected chi connectivity index (χ0v) is 20.3. The van der Waals surface area contributed by atoms with Gasteiger partial charge in [-0.05, 0) is 36.8 Å². The number of hydrogen-bond donors (Lipinski definition) is 0. The van der Waals surface area contributed by atoms with Crippen molar-refractivity contribution in [2.24, 2.45) is 0 Å². The van der Waals surface area contributed by atoms with Crippen LogP contribution in [0, 0.1) is 6.92 Å². The van der Waals surface area contributed by atoms with Crippen LogP contribution in [0.5, 0.6) is 0 Å². The minimum Gasteiger partial charge on any atom is -0.228 e. The second-order valence-electron chi connectivity index (χ2n) is 8.12. The van der Waals surface area contributed by atoms with Gasteiger partial charge in [-0.2, -0.15) is 0 Å². The Labute approximate surface area is 204 Å². The molecule has 0 saturated carbocycles. The lowest BCUT2D eigenvalue weighted by atomic mass is 10.0. The molecule has 158 valence electrons. The molecule has 0 amide bonds. The molecule has 0 aliphatic carbocycles. The zero-order valence-electron chi connectivity index (χ0n) is 17.9. The lowest BCUT2D eigenvalue weighted by Crippen LogP contribution is -1.96. The summed E-state index contributed by atoms with van der Waals surface area (Å²) < 4.78 is 3.61. The number of thiophene rings is 1. The fourth-order valence-corrected chi connectivity index (χ4v) is 5.76. The van der Waals surface area contributed by atoms with Crippen LogP contribution < -0.4 is 0 Å². The van der Waals surface area contributed by atoms with Crippen LogP contribution >= 0.6 is 27.3 Å². The van der Waals surface area contributed by atoms with Crippen molar-refractivity contribution in [3.05, 3.63) is 107 Å². The van der Waals surface area contributed by atoms with E-state index in [2.05, 4.69) is 89.6 Å². The number of benzene rings is 4. The second-order valence-corrected chi connectivity index (χ2v) is 10.1. The van der Waals surface area contributed by atoms with E-state index < -0.39 is 0 Å². The first-order chi connectivity index (χ1) is 16.2. The molecular formula is C29H19BrN2S. The average molecular weight is 507 g/mol. The highest BCUT2D eigenvalue weighted by molar-refractivity contribution is 9.10. The number of hydrogen-bond acceptors (Lipinski definition) is 3. The minimum atomic E-state index is 0.729. The van der Waals surface area contributed by atoms with E-state index in [-0.39, 0.29) is 0 Å². The van der Waals surface area contributed by atoms with Gasteiger partial charge in [0.15, 0.2) is 5.82 Å². The molecule has 4 heteroatoms. The molecule has 0 saturated heterocycles. The van der Waals surface area contributed by atoms with Gasteiger partial charge in [0, 0.05) is 41.3 Å². The summed E-state index contributed by atoms with van der Waals surface area (Å²) in [6.45, 7) is 2.14. The van der Waals surface area contributed by atoms with Gasteiger partial charge in [0.2, 0.25) is 0 Å². The van der Waals surface area contributed by atoms with Crippen LogP contribution in [0.1, 0.15) is 5.56 Å². The van der Waals surface area contributed by atoms with E-state index in [1.807, 2.05) is 41.7 Å². The molecule has 0 aliphatic rings. The third kappa shape index (κ3) is 3.75. The summed E-state index contributed by atoms with van der Waals surface area (Å²) in [6.07, 6.45) is 0. The molecule has 2 heterocycles. The van der Waals surface area contributed by atoms with Crippen LogP contribution in [0.4, 0.5) is 0 Å². The third-order valence-corrected chi connectivity index (χ3v) is 7.56. The zero-order chi connectivity index (χ0) is 22.4. The van der Waals surface area contributed by atoms with Crippen LogP contribution in [-0.4, -0.2) is 9.97 Å². The predicted octanol–water partition coefficient (Wildman–Crippen LogP) is 8.92. The van der Waals surface area contributed by atoms with Crippen molar-refractivity contribution in [2.45, 2.75) is 6.92 Å². The molecule has 0 aliphatic heterocycles. The van der Waals surface area contributed by atoms with Gasteiger partial charge in [-0.25, -0.2) is 9.97 Å². The monoisotopic (exact) mass is 506 g/mol. The van der Waals surface area contributed by atoms with Crippen LogP contribution in [0.3, 0.4) is 0 Å². The van der Waals surface area contributed by atoms with E-state index in [1.165, 1.54) is 25.7 Å². The molecule has 2 nitrogen and oxygen atoms in total. The summed E-state index contributed by atoms with van der Waals surface area (Å²) in [4.78, 5) is 9.99. The molecule has 2 aromatic heterocycles. The predicted molar refractivity (Wildman–Crippen MR) is 144 cm³/mol. The summed E-state index contributed by atoms with van der Waals surface area (Å²) in [5, 5.41) is 2.57. The summed E-state index contributed by atoms with van der Waals surface area (Å²) in [5.74, 6) is 0.729. The van der Waals surface area contributed by atoms with Gasteiger partial charge in [-0.15, -0.1) is 11.3 Å². The Kier molecular flexibility index (Phi) is 5.05. The van der Waals surface area contributed by atoms with Crippen LogP contribution in [0.25, 0.3) is 54.1 Å². The SMILES string of the molecule is Cc1ccc2c(c1)sc1c(-c3cc(-c4ccccc4)nc(-c4ccc(Br)cc4)n3)cccc12. The van der Waals surface area contributed by atoms with Gasteiger partial charge in [0.25, 0.3) is 0 Å². The molecule has 6 rings (SSSR count). The maximum Gasteiger partial charge on any atom is 0.160 e. The summed E-state index contributed by atoms with van der Waals surface area (Å²) in [7, 11) is 0. The highest BCUT2D eigenvalue weighted by atomic mass is 79.9. The minimum absolute atomic E-state index is 0.729. The Bertz CT molecular complexity index is 1620. The van der Waals surface area contributed by atoms with Crippen molar-refractivity contribution < 1.29 is 0 Å². The van der Waals surface area contributed by atoms with Gasteiger partial charge in [0.05, 0.1) is 11.4 Å². The topological polar surface area (TPSA) is 25.8 Å². The summed E-state index contributed by atoms with van der Waals surface area (Å²) >= 11 is 5.37. The maximum absolute atomic E-state index is 5.05. The number of nitrogens with zero attached hydrogens (tertiary/aromatic N) is 2. The van der Waals surface area contributed by atoms with E-state index in [1.54, 1.807) is 0 Å². The summed E-state index contributed by atoms with van der Waals surface area (Å²) in [6, 6.07) is 33.8. The van der Waals surface area contributed by atoms with Crippen molar-refractivity contribution in [3.63, 3.8) is 0 Å². The molecule has 0 spiro atoms. The number of halogens is 1. The highest BCUT2D eigenvalue weighted by Crippen LogP contribution is 2.40. The number of fused-ring (bicyclic) bond motifs is 3. The number of aromatic nitrogens is 2. The maximum atomic E-state index is 5.05.